The smallest absolute Gasteiger partial charge is 0.337 e. The number of benzene rings is 1. The molecule has 1 aliphatic carbocycles. The molecule has 0 unspecified atom stereocenters. The molecule has 0 aromatic heterocycles. The SMILES string of the molecule is Cc1ccc(NCC2(O)CCCCC2)c(C(=O)O)c1. The van der Waals surface area contributed by atoms with E-state index < -0.39 is 11.6 Å². The second-order valence-electron chi connectivity index (χ2n) is 5.49. The minimum absolute atomic E-state index is 0.263. The number of aryl methyl sites for hydroxylation is 1. The summed E-state index contributed by atoms with van der Waals surface area (Å²) in [6.45, 7) is 2.28. The summed E-state index contributed by atoms with van der Waals surface area (Å²) in [4.78, 5) is 11.2. The van der Waals surface area contributed by atoms with Crippen molar-refractivity contribution in [1.29, 1.82) is 0 Å². The van der Waals surface area contributed by atoms with Gasteiger partial charge < -0.3 is 15.5 Å². The van der Waals surface area contributed by atoms with Gasteiger partial charge in [0.15, 0.2) is 0 Å². The van der Waals surface area contributed by atoms with E-state index in [9.17, 15) is 15.0 Å². The van der Waals surface area contributed by atoms with Crippen molar-refractivity contribution in [3.8, 4) is 0 Å². The Labute approximate surface area is 113 Å². The van der Waals surface area contributed by atoms with Crippen LogP contribution in [0.5, 0.6) is 0 Å². The highest BCUT2D eigenvalue weighted by Gasteiger charge is 2.29. The molecular formula is C15H21NO3. The van der Waals surface area contributed by atoms with Crippen LogP contribution in [0, 0.1) is 6.92 Å². The molecule has 0 atom stereocenters. The summed E-state index contributed by atoms with van der Waals surface area (Å²) in [6, 6.07) is 5.29. The monoisotopic (exact) mass is 263 g/mol. The van der Waals surface area contributed by atoms with Gasteiger partial charge in [-0.05, 0) is 31.9 Å². The molecule has 0 saturated heterocycles. The molecule has 19 heavy (non-hydrogen) atoms. The van der Waals surface area contributed by atoms with Crippen LogP contribution in [0.2, 0.25) is 0 Å². The maximum atomic E-state index is 11.2. The number of carbonyl (C=O) groups is 1. The van der Waals surface area contributed by atoms with Crippen LogP contribution in [0.15, 0.2) is 18.2 Å². The van der Waals surface area contributed by atoms with Gasteiger partial charge in [0.05, 0.1) is 11.2 Å². The predicted molar refractivity (Wildman–Crippen MR) is 74.7 cm³/mol. The van der Waals surface area contributed by atoms with Crippen molar-refractivity contribution in [3.63, 3.8) is 0 Å². The topological polar surface area (TPSA) is 69.6 Å². The zero-order chi connectivity index (χ0) is 13.9. The Kier molecular flexibility index (Phi) is 4.10. The predicted octanol–water partition coefficient (Wildman–Crippen LogP) is 2.80. The van der Waals surface area contributed by atoms with Gasteiger partial charge in [-0.25, -0.2) is 4.79 Å². The second kappa shape index (κ2) is 5.61. The summed E-state index contributed by atoms with van der Waals surface area (Å²) < 4.78 is 0. The Morgan fingerprint density at radius 2 is 2.00 bits per heavy atom. The molecule has 0 amide bonds. The minimum atomic E-state index is -0.943. The average Bonchev–Trinajstić information content (AvgIpc) is 2.38. The number of carboxylic acid groups (broad SMARTS) is 1. The Bertz CT molecular complexity index is 464. The van der Waals surface area contributed by atoms with Crippen LogP contribution in [-0.2, 0) is 0 Å². The van der Waals surface area contributed by atoms with Crippen LogP contribution in [-0.4, -0.2) is 28.3 Å². The van der Waals surface area contributed by atoms with E-state index in [1.54, 1.807) is 12.1 Å². The lowest BCUT2D eigenvalue weighted by atomic mass is 9.85. The van der Waals surface area contributed by atoms with Gasteiger partial charge in [0, 0.05) is 12.2 Å². The van der Waals surface area contributed by atoms with Crippen LogP contribution in [0.3, 0.4) is 0 Å². The van der Waals surface area contributed by atoms with Crippen molar-refractivity contribution in [2.45, 2.75) is 44.6 Å². The lowest BCUT2D eigenvalue weighted by Gasteiger charge is -2.32. The number of aliphatic hydroxyl groups is 1. The van der Waals surface area contributed by atoms with Crippen LogP contribution in [0.1, 0.15) is 48.0 Å². The molecule has 1 aliphatic rings. The summed E-state index contributed by atoms with van der Waals surface area (Å²) in [7, 11) is 0. The van der Waals surface area contributed by atoms with Gasteiger partial charge in [0.1, 0.15) is 0 Å². The molecule has 0 spiro atoms. The second-order valence-corrected chi connectivity index (χ2v) is 5.49. The normalized spacial score (nSPS) is 18.0. The Balaban J connectivity index is 2.08. The van der Waals surface area contributed by atoms with Gasteiger partial charge >= 0.3 is 5.97 Å². The van der Waals surface area contributed by atoms with E-state index >= 15 is 0 Å². The van der Waals surface area contributed by atoms with Gasteiger partial charge in [-0.15, -0.1) is 0 Å². The molecule has 0 heterocycles. The number of hydrogen-bond acceptors (Lipinski definition) is 3. The van der Waals surface area contributed by atoms with E-state index in [0.29, 0.717) is 12.2 Å². The number of nitrogens with one attached hydrogen (secondary N) is 1. The highest BCUT2D eigenvalue weighted by atomic mass is 16.4. The highest BCUT2D eigenvalue weighted by Crippen LogP contribution is 2.29. The maximum Gasteiger partial charge on any atom is 0.337 e. The first kappa shape index (κ1) is 13.9. The highest BCUT2D eigenvalue weighted by molar-refractivity contribution is 5.94. The molecule has 4 heteroatoms. The Morgan fingerprint density at radius 3 is 2.63 bits per heavy atom. The molecule has 1 aromatic carbocycles. The fraction of sp³-hybridized carbons (Fsp3) is 0.533. The van der Waals surface area contributed by atoms with E-state index in [1.807, 2.05) is 13.0 Å². The number of rotatable bonds is 4. The molecule has 2 rings (SSSR count). The van der Waals surface area contributed by atoms with Crippen molar-refractivity contribution in [2.75, 3.05) is 11.9 Å². The third kappa shape index (κ3) is 3.47. The fourth-order valence-corrected chi connectivity index (χ4v) is 2.64. The summed E-state index contributed by atoms with van der Waals surface area (Å²) in [6.07, 6.45) is 4.82. The molecule has 3 N–H and O–H groups in total. The first-order chi connectivity index (χ1) is 9.00. The largest absolute Gasteiger partial charge is 0.478 e. The van der Waals surface area contributed by atoms with Gasteiger partial charge in [0.2, 0.25) is 0 Å². The van der Waals surface area contributed by atoms with Crippen LogP contribution >= 0.6 is 0 Å². The standard InChI is InChI=1S/C15H21NO3/c1-11-5-6-13(12(9-11)14(17)18)16-10-15(19)7-3-2-4-8-15/h5-6,9,16,19H,2-4,7-8,10H2,1H3,(H,17,18). The third-order valence-electron chi connectivity index (χ3n) is 3.80. The van der Waals surface area contributed by atoms with Crippen molar-refractivity contribution >= 4 is 11.7 Å². The lowest BCUT2D eigenvalue weighted by molar-refractivity contribution is 0.0166. The number of anilines is 1. The van der Waals surface area contributed by atoms with Crippen molar-refractivity contribution < 1.29 is 15.0 Å². The zero-order valence-corrected chi connectivity index (χ0v) is 11.3. The summed E-state index contributed by atoms with van der Waals surface area (Å²) >= 11 is 0. The van der Waals surface area contributed by atoms with Crippen molar-refractivity contribution in [1.82, 2.24) is 0 Å². The van der Waals surface area contributed by atoms with E-state index in [1.165, 1.54) is 6.42 Å². The van der Waals surface area contributed by atoms with Crippen LogP contribution < -0.4 is 5.32 Å². The van der Waals surface area contributed by atoms with Gasteiger partial charge in [-0.1, -0.05) is 30.9 Å². The molecule has 0 bridgehead atoms. The van der Waals surface area contributed by atoms with Crippen LogP contribution in [0.25, 0.3) is 0 Å². The molecular weight excluding hydrogens is 242 g/mol. The molecule has 1 fully saturated rings. The number of hydrogen-bond donors (Lipinski definition) is 3. The zero-order valence-electron chi connectivity index (χ0n) is 11.3. The summed E-state index contributed by atoms with van der Waals surface area (Å²) in [5.41, 5.74) is 1.06. The average molecular weight is 263 g/mol. The van der Waals surface area contributed by atoms with E-state index in [4.69, 9.17) is 0 Å². The Morgan fingerprint density at radius 1 is 1.32 bits per heavy atom. The molecule has 1 aromatic rings. The van der Waals surface area contributed by atoms with E-state index in [0.717, 1.165) is 31.2 Å². The maximum absolute atomic E-state index is 11.2. The quantitative estimate of drug-likeness (QED) is 0.781. The summed E-state index contributed by atoms with van der Waals surface area (Å²) in [5.74, 6) is -0.943. The molecule has 0 aliphatic heterocycles. The lowest BCUT2D eigenvalue weighted by Crippen LogP contribution is -2.39. The van der Waals surface area contributed by atoms with Gasteiger partial charge in [-0.2, -0.15) is 0 Å². The third-order valence-corrected chi connectivity index (χ3v) is 3.80. The van der Waals surface area contributed by atoms with E-state index in [-0.39, 0.29) is 5.56 Å². The van der Waals surface area contributed by atoms with Gasteiger partial charge in [0.25, 0.3) is 0 Å². The van der Waals surface area contributed by atoms with Crippen molar-refractivity contribution in [2.24, 2.45) is 0 Å². The molecule has 104 valence electrons. The first-order valence-electron chi connectivity index (χ1n) is 6.80. The summed E-state index contributed by atoms with van der Waals surface area (Å²) in [5, 5.41) is 22.7. The number of carboxylic acids is 1. The minimum Gasteiger partial charge on any atom is -0.478 e. The molecule has 0 radical (unpaired) electrons. The van der Waals surface area contributed by atoms with Crippen molar-refractivity contribution in [3.05, 3.63) is 29.3 Å². The fourth-order valence-electron chi connectivity index (χ4n) is 2.64. The van der Waals surface area contributed by atoms with Crippen LogP contribution in [0.4, 0.5) is 5.69 Å². The van der Waals surface area contributed by atoms with Gasteiger partial charge in [-0.3, -0.25) is 0 Å². The first-order valence-corrected chi connectivity index (χ1v) is 6.80. The molecule has 1 saturated carbocycles. The Hall–Kier alpha value is -1.55. The number of aromatic carboxylic acids is 1. The van der Waals surface area contributed by atoms with E-state index in [2.05, 4.69) is 5.32 Å². The molecule has 4 nitrogen and oxygen atoms in total.